The van der Waals surface area contributed by atoms with Gasteiger partial charge in [0.15, 0.2) is 0 Å². The van der Waals surface area contributed by atoms with E-state index in [-0.39, 0.29) is 0 Å². The second-order valence-corrected chi connectivity index (χ2v) is 5.43. The molecule has 0 fully saturated rings. The van der Waals surface area contributed by atoms with Crippen LogP contribution in [0.25, 0.3) is 11.1 Å². The van der Waals surface area contributed by atoms with Gasteiger partial charge >= 0.3 is 0 Å². The fourth-order valence-electron chi connectivity index (χ4n) is 2.19. The fraction of sp³-hybridized carbons (Fsp3) is 0.333. The van der Waals surface area contributed by atoms with E-state index in [4.69, 9.17) is 16.3 Å². The van der Waals surface area contributed by atoms with Crippen molar-refractivity contribution in [1.29, 1.82) is 0 Å². The zero-order chi connectivity index (χ0) is 14.9. The molecule has 112 valence electrons. The maximum atomic E-state index is 6.31. The van der Waals surface area contributed by atoms with Crippen LogP contribution in [0.15, 0.2) is 48.5 Å². The molecule has 0 spiro atoms. The summed E-state index contributed by atoms with van der Waals surface area (Å²) in [7, 11) is 1.98. The van der Waals surface area contributed by atoms with Crippen molar-refractivity contribution in [3.63, 3.8) is 0 Å². The maximum Gasteiger partial charge on any atom is 0.137 e. The number of rotatable bonds is 8. The van der Waals surface area contributed by atoms with E-state index >= 15 is 0 Å². The van der Waals surface area contributed by atoms with Crippen LogP contribution in [-0.2, 0) is 0 Å². The molecule has 0 saturated heterocycles. The molecule has 0 unspecified atom stereocenters. The molecule has 3 heteroatoms. The van der Waals surface area contributed by atoms with E-state index in [1.165, 1.54) is 12.8 Å². The summed E-state index contributed by atoms with van der Waals surface area (Å²) in [6, 6.07) is 16.2. The molecule has 0 aliphatic heterocycles. The van der Waals surface area contributed by atoms with Crippen molar-refractivity contribution in [2.24, 2.45) is 0 Å². The molecule has 0 bridgehead atoms. The molecule has 2 aromatic carbocycles. The van der Waals surface area contributed by atoms with Gasteiger partial charge in [0.2, 0.25) is 0 Å². The van der Waals surface area contributed by atoms with Crippen LogP contribution in [0, 0.1) is 0 Å². The van der Waals surface area contributed by atoms with Gasteiger partial charge in [0.05, 0.1) is 11.6 Å². The summed E-state index contributed by atoms with van der Waals surface area (Å²) in [5.74, 6) is 0.768. The lowest BCUT2D eigenvalue weighted by Crippen LogP contribution is -2.07. The summed E-state index contributed by atoms with van der Waals surface area (Å²) < 4.78 is 5.76. The molecule has 0 aliphatic carbocycles. The topological polar surface area (TPSA) is 21.3 Å². The van der Waals surface area contributed by atoms with Gasteiger partial charge in [-0.25, -0.2) is 0 Å². The van der Waals surface area contributed by atoms with Gasteiger partial charge in [-0.2, -0.15) is 0 Å². The zero-order valence-electron chi connectivity index (χ0n) is 12.4. The molecule has 0 amide bonds. The molecule has 0 aromatic heterocycles. The SMILES string of the molecule is CNCCCCCOc1ccc(-c2ccccc2)cc1Cl. The summed E-state index contributed by atoms with van der Waals surface area (Å²) in [5.41, 5.74) is 2.28. The third-order valence-electron chi connectivity index (χ3n) is 3.37. The number of nitrogens with one attached hydrogen (secondary N) is 1. The van der Waals surface area contributed by atoms with E-state index in [2.05, 4.69) is 23.5 Å². The first-order valence-corrected chi connectivity index (χ1v) is 7.81. The minimum atomic E-state index is 0.673. The van der Waals surface area contributed by atoms with Crippen molar-refractivity contribution < 1.29 is 4.74 Å². The van der Waals surface area contributed by atoms with Gasteiger partial charge < -0.3 is 10.1 Å². The summed E-state index contributed by atoms with van der Waals surface area (Å²) in [4.78, 5) is 0. The highest BCUT2D eigenvalue weighted by atomic mass is 35.5. The molecule has 0 atom stereocenters. The highest BCUT2D eigenvalue weighted by molar-refractivity contribution is 6.32. The first-order valence-electron chi connectivity index (χ1n) is 7.43. The van der Waals surface area contributed by atoms with E-state index in [9.17, 15) is 0 Å². The Hall–Kier alpha value is -1.51. The predicted octanol–water partition coefficient (Wildman–Crippen LogP) is 4.78. The molecule has 2 aromatic rings. The van der Waals surface area contributed by atoms with E-state index in [1.807, 2.05) is 37.4 Å². The number of halogens is 1. The van der Waals surface area contributed by atoms with Gasteiger partial charge in [-0.1, -0.05) is 48.0 Å². The van der Waals surface area contributed by atoms with Crippen molar-refractivity contribution in [2.45, 2.75) is 19.3 Å². The molecule has 21 heavy (non-hydrogen) atoms. The van der Waals surface area contributed by atoms with Crippen LogP contribution in [0.5, 0.6) is 5.75 Å². The molecular weight excluding hydrogens is 282 g/mol. The summed E-state index contributed by atoms with van der Waals surface area (Å²) in [6.45, 7) is 1.78. The Balaban J connectivity index is 1.88. The highest BCUT2D eigenvalue weighted by Crippen LogP contribution is 2.30. The molecule has 2 rings (SSSR count). The molecule has 2 nitrogen and oxygen atoms in total. The van der Waals surface area contributed by atoms with Crippen LogP contribution in [0.3, 0.4) is 0 Å². The zero-order valence-corrected chi connectivity index (χ0v) is 13.2. The smallest absolute Gasteiger partial charge is 0.137 e. The average Bonchev–Trinajstić information content (AvgIpc) is 2.53. The first-order chi connectivity index (χ1) is 10.3. The number of unbranched alkanes of at least 4 members (excludes halogenated alkanes) is 2. The van der Waals surface area contributed by atoms with Gasteiger partial charge in [0.25, 0.3) is 0 Å². The van der Waals surface area contributed by atoms with Crippen molar-refractivity contribution in [3.8, 4) is 16.9 Å². The minimum absolute atomic E-state index is 0.673. The lowest BCUT2D eigenvalue weighted by atomic mass is 10.1. The van der Waals surface area contributed by atoms with Crippen LogP contribution in [0.4, 0.5) is 0 Å². The van der Waals surface area contributed by atoms with Gasteiger partial charge in [-0.05, 0) is 56.1 Å². The van der Waals surface area contributed by atoms with E-state index in [0.29, 0.717) is 11.6 Å². The lowest BCUT2D eigenvalue weighted by Gasteiger charge is -2.10. The third-order valence-corrected chi connectivity index (χ3v) is 3.66. The number of benzene rings is 2. The molecule has 0 radical (unpaired) electrons. The lowest BCUT2D eigenvalue weighted by molar-refractivity contribution is 0.305. The standard InChI is InChI=1S/C18H22ClNO/c1-20-12-6-3-7-13-21-18-11-10-16(14-17(18)19)15-8-4-2-5-9-15/h2,4-5,8-11,14,20H,3,6-7,12-13H2,1H3. The molecule has 0 heterocycles. The van der Waals surface area contributed by atoms with E-state index in [1.54, 1.807) is 0 Å². The molecular formula is C18H22ClNO. The van der Waals surface area contributed by atoms with Crippen molar-refractivity contribution in [2.75, 3.05) is 20.2 Å². The number of hydrogen-bond acceptors (Lipinski definition) is 2. The Morgan fingerprint density at radius 3 is 2.48 bits per heavy atom. The van der Waals surface area contributed by atoms with Crippen LogP contribution < -0.4 is 10.1 Å². The Kier molecular flexibility index (Phi) is 6.58. The quantitative estimate of drug-likeness (QED) is 0.709. The van der Waals surface area contributed by atoms with Gasteiger partial charge in [0, 0.05) is 0 Å². The normalized spacial score (nSPS) is 10.6. The van der Waals surface area contributed by atoms with E-state index < -0.39 is 0 Å². The monoisotopic (exact) mass is 303 g/mol. The summed E-state index contributed by atoms with van der Waals surface area (Å²) >= 11 is 6.31. The van der Waals surface area contributed by atoms with Crippen LogP contribution in [0.1, 0.15) is 19.3 Å². The first kappa shape index (κ1) is 15.9. The van der Waals surface area contributed by atoms with Crippen LogP contribution >= 0.6 is 11.6 Å². The number of hydrogen-bond donors (Lipinski definition) is 1. The second-order valence-electron chi connectivity index (χ2n) is 5.02. The molecule has 0 aliphatic rings. The van der Waals surface area contributed by atoms with E-state index in [0.717, 1.165) is 29.8 Å². The predicted molar refractivity (Wildman–Crippen MR) is 90.2 cm³/mol. The Labute approximate surface area is 132 Å². The van der Waals surface area contributed by atoms with Crippen molar-refractivity contribution >= 4 is 11.6 Å². The van der Waals surface area contributed by atoms with Gasteiger partial charge in [-0.3, -0.25) is 0 Å². The summed E-state index contributed by atoms with van der Waals surface area (Å²) in [5, 5.41) is 3.82. The third kappa shape index (κ3) is 5.07. The Bertz CT molecular complexity index is 542. The molecule has 1 N–H and O–H groups in total. The van der Waals surface area contributed by atoms with Crippen molar-refractivity contribution in [1.82, 2.24) is 5.32 Å². The number of ether oxygens (including phenoxy) is 1. The Morgan fingerprint density at radius 1 is 0.952 bits per heavy atom. The Morgan fingerprint density at radius 2 is 1.76 bits per heavy atom. The second kappa shape index (κ2) is 8.71. The fourth-order valence-corrected chi connectivity index (χ4v) is 2.43. The molecule has 0 saturated carbocycles. The largest absolute Gasteiger partial charge is 0.492 e. The van der Waals surface area contributed by atoms with Crippen LogP contribution in [0.2, 0.25) is 5.02 Å². The van der Waals surface area contributed by atoms with Gasteiger partial charge in [0.1, 0.15) is 5.75 Å². The average molecular weight is 304 g/mol. The highest BCUT2D eigenvalue weighted by Gasteiger charge is 2.04. The van der Waals surface area contributed by atoms with Crippen LogP contribution in [-0.4, -0.2) is 20.2 Å². The van der Waals surface area contributed by atoms with Crippen molar-refractivity contribution in [3.05, 3.63) is 53.6 Å². The maximum absolute atomic E-state index is 6.31. The summed E-state index contributed by atoms with van der Waals surface area (Å²) in [6.07, 6.45) is 3.40. The van der Waals surface area contributed by atoms with Gasteiger partial charge in [-0.15, -0.1) is 0 Å². The minimum Gasteiger partial charge on any atom is -0.492 e.